The van der Waals surface area contributed by atoms with Gasteiger partial charge in [0.15, 0.2) is 0 Å². The van der Waals surface area contributed by atoms with E-state index in [4.69, 9.17) is 5.11 Å². The quantitative estimate of drug-likeness (QED) is 0.787. The van der Waals surface area contributed by atoms with Gasteiger partial charge in [-0.15, -0.1) is 0 Å². The molecule has 4 nitrogen and oxygen atoms in total. The van der Waals surface area contributed by atoms with Gasteiger partial charge in [0, 0.05) is 38.7 Å². The van der Waals surface area contributed by atoms with Gasteiger partial charge in [0.1, 0.15) is 0 Å². The molecule has 2 fully saturated rings. The number of carbonyl (C=O) groups excluding carboxylic acids is 1. The molecule has 2 rings (SSSR count). The summed E-state index contributed by atoms with van der Waals surface area (Å²) in [4.78, 5) is 16.3. The number of amides is 1. The van der Waals surface area contributed by atoms with E-state index >= 15 is 0 Å². The summed E-state index contributed by atoms with van der Waals surface area (Å²) in [6.45, 7) is 6.22. The average Bonchev–Trinajstić information content (AvgIpc) is 2.94. The van der Waals surface area contributed by atoms with Gasteiger partial charge in [0.25, 0.3) is 0 Å². The molecule has 0 radical (unpaired) electrons. The summed E-state index contributed by atoms with van der Waals surface area (Å²) in [5.74, 6) is 0.735. The van der Waals surface area contributed by atoms with Crippen molar-refractivity contribution in [2.24, 2.45) is 5.92 Å². The van der Waals surface area contributed by atoms with Crippen molar-refractivity contribution >= 4 is 5.91 Å². The van der Waals surface area contributed by atoms with Gasteiger partial charge in [-0.25, -0.2) is 0 Å². The van der Waals surface area contributed by atoms with Crippen molar-refractivity contribution in [2.75, 3.05) is 32.8 Å². The monoisotopic (exact) mass is 240 g/mol. The largest absolute Gasteiger partial charge is 0.396 e. The minimum Gasteiger partial charge on any atom is -0.396 e. The summed E-state index contributed by atoms with van der Waals surface area (Å²) in [5.41, 5.74) is 0. The molecule has 2 unspecified atom stereocenters. The van der Waals surface area contributed by atoms with Crippen LogP contribution in [0.2, 0.25) is 0 Å². The van der Waals surface area contributed by atoms with E-state index in [1.54, 1.807) is 0 Å². The number of aliphatic hydroxyl groups is 1. The second-order valence-electron chi connectivity index (χ2n) is 5.47. The van der Waals surface area contributed by atoms with E-state index in [1.165, 1.54) is 0 Å². The Kier molecular flexibility index (Phi) is 4.40. The van der Waals surface area contributed by atoms with E-state index in [0.717, 1.165) is 45.4 Å². The summed E-state index contributed by atoms with van der Waals surface area (Å²) < 4.78 is 0. The van der Waals surface area contributed by atoms with Gasteiger partial charge >= 0.3 is 0 Å². The van der Waals surface area contributed by atoms with E-state index < -0.39 is 0 Å². The predicted octanol–water partition coefficient (Wildman–Crippen LogP) is 0.702. The molecule has 0 aromatic carbocycles. The molecule has 0 aromatic rings. The van der Waals surface area contributed by atoms with Gasteiger partial charge in [-0.05, 0) is 38.6 Å². The predicted molar refractivity (Wildman–Crippen MR) is 66.7 cm³/mol. The van der Waals surface area contributed by atoms with Crippen LogP contribution < -0.4 is 0 Å². The fourth-order valence-electron chi connectivity index (χ4n) is 2.97. The molecule has 98 valence electrons. The lowest BCUT2D eigenvalue weighted by atomic mass is 10.1. The Morgan fingerprint density at radius 1 is 1.35 bits per heavy atom. The molecular formula is C13H24N2O2. The van der Waals surface area contributed by atoms with Crippen LogP contribution in [0.5, 0.6) is 0 Å². The number of nitrogens with zero attached hydrogens (tertiary/aromatic N) is 2. The van der Waals surface area contributed by atoms with E-state index in [2.05, 4.69) is 11.8 Å². The van der Waals surface area contributed by atoms with Crippen molar-refractivity contribution < 1.29 is 9.90 Å². The topological polar surface area (TPSA) is 43.8 Å². The number of hydrogen-bond donors (Lipinski definition) is 1. The Morgan fingerprint density at radius 2 is 2.18 bits per heavy atom. The maximum absolute atomic E-state index is 12.0. The summed E-state index contributed by atoms with van der Waals surface area (Å²) >= 11 is 0. The Balaban J connectivity index is 1.70. The smallest absolute Gasteiger partial charge is 0.224 e. The zero-order valence-electron chi connectivity index (χ0n) is 10.8. The van der Waals surface area contributed by atoms with Gasteiger partial charge in [0.05, 0.1) is 0 Å². The summed E-state index contributed by atoms with van der Waals surface area (Å²) in [6.07, 6.45) is 4.03. The Hall–Kier alpha value is -0.610. The van der Waals surface area contributed by atoms with Gasteiger partial charge in [-0.1, -0.05) is 0 Å². The molecule has 2 atom stereocenters. The molecule has 0 aliphatic carbocycles. The third kappa shape index (κ3) is 3.19. The van der Waals surface area contributed by atoms with Crippen molar-refractivity contribution in [3.8, 4) is 0 Å². The zero-order valence-corrected chi connectivity index (χ0v) is 10.8. The van der Waals surface area contributed by atoms with E-state index in [1.807, 2.05) is 4.90 Å². The highest BCUT2D eigenvalue weighted by Crippen LogP contribution is 2.19. The highest BCUT2D eigenvalue weighted by Gasteiger charge is 2.26. The molecule has 2 heterocycles. The standard InChI is InChI=1S/C13H24N2O2/c1-11-3-2-6-15(11)13(17)5-8-14-7-4-12(9-14)10-16/h11-12,16H,2-10H2,1H3. The highest BCUT2D eigenvalue weighted by molar-refractivity contribution is 5.77. The molecule has 2 saturated heterocycles. The molecule has 1 N–H and O–H groups in total. The molecule has 17 heavy (non-hydrogen) atoms. The lowest BCUT2D eigenvalue weighted by Crippen LogP contribution is -2.36. The average molecular weight is 240 g/mol. The first kappa shape index (κ1) is 12.8. The van der Waals surface area contributed by atoms with Gasteiger partial charge in [-0.3, -0.25) is 4.79 Å². The third-order valence-corrected chi connectivity index (χ3v) is 4.14. The Bertz CT molecular complexity index is 270. The van der Waals surface area contributed by atoms with Crippen molar-refractivity contribution in [2.45, 2.75) is 38.6 Å². The fourth-order valence-corrected chi connectivity index (χ4v) is 2.97. The first-order chi connectivity index (χ1) is 8.20. The van der Waals surface area contributed by atoms with Crippen molar-refractivity contribution in [1.82, 2.24) is 9.80 Å². The normalized spacial score (nSPS) is 30.1. The Morgan fingerprint density at radius 3 is 2.76 bits per heavy atom. The van der Waals surface area contributed by atoms with Crippen molar-refractivity contribution in [1.29, 1.82) is 0 Å². The maximum Gasteiger partial charge on any atom is 0.224 e. The van der Waals surface area contributed by atoms with Crippen LogP contribution in [-0.2, 0) is 4.79 Å². The lowest BCUT2D eigenvalue weighted by molar-refractivity contribution is -0.132. The molecule has 0 bridgehead atoms. The maximum atomic E-state index is 12.0. The Labute approximate surface area is 104 Å². The molecule has 0 spiro atoms. The molecular weight excluding hydrogens is 216 g/mol. The van der Waals surface area contributed by atoms with E-state index in [9.17, 15) is 4.79 Å². The first-order valence-corrected chi connectivity index (χ1v) is 6.83. The molecule has 2 aliphatic heterocycles. The van der Waals surface area contributed by atoms with Gasteiger partial charge < -0.3 is 14.9 Å². The second kappa shape index (κ2) is 5.83. The number of likely N-dealkylation sites (tertiary alicyclic amines) is 2. The molecule has 1 amide bonds. The van der Waals surface area contributed by atoms with Crippen LogP contribution in [0.1, 0.15) is 32.6 Å². The van der Waals surface area contributed by atoms with Crippen LogP contribution in [-0.4, -0.2) is 59.6 Å². The number of hydrogen-bond acceptors (Lipinski definition) is 3. The van der Waals surface area contributed by atoms with Crippen molar-refractivity contribution in [3.05, 3.63) is 0 Å². The van der Waals surface area contributed by atoms with Crippen LogP contribution in [0.4, 0.5) is 0 Å². The second-order valence-corrected chi connectivity index (χ2v) is 5.47. The van der Waals surface area contributed by atoms with Crippen LogP contribution in [0.3, 0.4) is 0 Å². The van der Waals surface area contributed by atoms with Crippen LogP contribution in [0.25, 0.3) is 0 Å². The molecule has 2 aliphatic rings. The van der Waals surface area contributed by atoms with Crippen LogP contribution in [0, 0.1) is 5.92 Å². The SMILES string of the molecule is CC1CCCN1C(=O)CCN1CCC(CO)C1. The minimum absolute atomic E-state index is 0.285. The van der Waals surface area contributed by atoms with Crippen LogP contribution in [0.15, 0.2) is 0 Å². The molecule has 0 saturated carbocycles. The lowest BCUT2D eigenvalue weighted by Gasteiger charge is -2.23. The fraction of sp³-hybridized carbons (Fsp3) is 0.923. The number of carbonyl (C=O) groups is 1. The van der Waals surface area contributed by atoms with Gasteiger partial charge in [0.2, 0.25) is 5.91 Å². The molecule has 4 heteroatoms. The summed E-state index contributed by atoms with van der Waals surface area (Å²) in [7, 11) is 0. The summed E-state index contributed by atoms with van der Waals surface area (Å²) in [5, 5.41) is 9.07. The zero-order chi connectivity index (χ0) is 12.3. The first-order valence-electron chi connectivity index (χ1n) is 6.83. The number of aliphatic hydroxyl groups excluding tert-OH is 1. The number of rotatable bonds is 4. The molecule has 0 aromatic heterocycles. The van der Waals surface area contributed by atoms with E-state index in [0.29, 0.717) is 24.3 Å². The van der Waals surface area contributed by atoms with E-state index in [-0.39, 0.29) is 6.61 Å². The summed E-state index contributed by atoms with van der Waals surface area (Å²) in [6, 6.07) is 0.436. The minimum atomic E-state index is 0.285. The van der Waals surface area contributed by atoms with Crippen molar-refractivity contribution in [3.63, 3.8) is 0 Å². The highest BCUT2D eigenvalue weighted by atomic mass is 16.3. The third-order valence-electron chi connectivity index (χ3n) is 4.14. The van der Waals surface area contributed by atoms with Crippen LogP contribution >= 0.6 is 0 Å². The van der Waals surface area contributed by atoms with Gasteiger partial charge in [-0.2, -0.15) is 0 Å².